The van der Waals surface area contributed by atoms with Gasteiger partial charge >= 0.3 is 0 Å². The molecule has 1 aromatic rings. The van der Waals surface area contributed by atoms with Gasteiger partial charge in [0.1, 0.15) is 0 Å². The Morgan fingerprint density at radius 1 is 1.33 bits per heavy atom. The molecule has 0 aromatic heterocycles. The largest absolute Gasteiger partial charge is 0.339 e. The first kappa shape index (κ1) is 13.3. The van der Waals surface area contributed by atoms with Gasteiger partial charge in [0, 0.05) is 23.6 Å². The quantitative estimate of drug-likeness (QED) is 0.763. The number of likely N-dealkylation sites (tertiary alicyclic amines) is 1. The number of hydrogen-bond acceptors (Lipinski definition) is 1. The summed E-state index contributed by atoms with van der Waals surface area (Å²) in [5.41, 5.74) is 1.04. The maximum Gasteiger partial charge on any atom is 0.246 e. The predicted molar refractivity (Wildman–Crippen MR) is 78.2 cm³/mol. The molecule has 0 unspecified atom stereocenters. The first-order chi connectivity index (χ1) is 8.66. The van der Waals surface area contributed by atoms with E-state index >= 15 is 0 Å². The van der Waals surface area contributed by atoms with E-state index in [1.165, 1.54) is 0 Å². The number of benzene rings is 1. The van der Waals surface area contributed by atoms with Crippen LogP contribution in [-0.2, 0) is 4.79 Å². The van der Waals surface area contributed by atoms with Gasteiger partial charge in [-0.3, -0.25) is 4.79 Å². The smallest absolute Gasteiger partial charge is 0.246 e. The third kappa shape index (κ3) is 3.45. The number of carbonyl (C=O) groups is 1. The summed E-state index contributed by atoms with van der Waals surface area (Å²) in [6, 6.07) is 7.91. The molecule has 1 aromatic carbocycles. The van der Waals surface area contributed by atoms with Gasteiger partial charge < -0.3 is 4.90 Å². The Bertz CT molecular complexity index is 448. The first-order valence-electron chi connectivity index (χ1n) is 6.38. The van der Waals surface area contributed by atoms with Crippen LogP contribution in [0.4, 0.5) is 0 Å². The van der Waals surface area contributed by atoms with Crippen molar-refractivity contribution < 1.29 is 4.79 Å². The van der Waals surface area contributed by atoms with Gasteiger partial charge in [-0.25, -0.2) is 0 Å². The molecule has 0 N–H and O–H groups in total. The number of carbonyl (C=O) groups excluding carboxylic acids is 1. The lowest BCUT2D eigenvalue weighted by Crippen LogP contribution is -2.36. The Morgan fingerprint density at radius 2 is 2.00 bits per heavy atom. The van der Waals surface area contributed by atoms with Crippen LogP contribution in [0.1, 0.15) is 25.3 Å². The third-order valence-corrected chi connectivity index (χ3v) is 4.13. The highest BCUT2D eigenvalue weighted by molar-refractivity contribution is 9.10. The van der Waals surface area contributed by atoms with E-state index in [4.69, 9.17) is 0 Å². The zero-order valence-electron chi connectivity index (χ0n) is 10.6. The van der Waals surface area contributed by atoms with Gasteiger partial charge in [-0.1, -0.05) is 41.1 Å². The van der Waals surface area contributed by atoms with Crippen molar-refractivity contribution in [1.29, 1.82) is 0 Å². The van der Waals surface area contributed by atoms with Gasteiger partial charge in [-0.15, -0.1) is 0 Å². The molecule has 1 fully saturated rings. The topological polar surface area (TPSA) is 20.3 Å². The molecule has 0 saturated carbocycles. The third-order valence-electron chi connectivity index (χ3n) is 3.41. The average Bonchev–Trinajstić information content (AvgIpc) is 2.38. The van der Waals surface area contributed by atoms with Crippen LogP contribution in [0.5, 0.6) is 0 Å². The van der Waals surface area contributed by atoms with E-state index in [0.29, 0.717) is 0 Å². The number of nitrogens with zero attached hydrogens (tertiary/aromatic N) is 1. The lowest BCUT2D eigenvalue weighted by atomic mass is 9.99. The van der Waals surface area contributed by atoms with E-state index in [1.807, 2.05) is 35.2 Å². The predicted octanol–water partition coefficient (Wildman–Crippen LogP) is 3.72. The minimum absolute atomic E-state index is 0.123. The number of piperidine rings is 1. The van der Waals surface area contributed by atoms with Gasteiger partial charge in [0.2, 0.25) is 5.91 Å². The van der Waals surface area contributed by atoms with Crippen LogP contribution in [0, 0.1) is 5.92 Å². The van der Waals surface area contributed by atoms with E-state index in [-0.39, 0.29) is 5.91 Å². The van der Waals surface area contributed by atoms with Crippen molar-refractivity contribution in [1.82, 2.24) is 4.90 Å². The summed E-state index contributed by atoms with van der Waals surface area (Å²) in [5, 5.41) is 0. The summed E-state index contributed by atoms with van der Waals surface area (Å²) < 4.78 is 1.02. The van der Waals surface area contributed by atoms with Crippen molar-refractivity contribution in [3.63, 3.8) is 0 Å². The summed E-state index contributed by atoms with van der Waals surface area (Å²) in [6.07, 6.45) is 5.80. The van der Waals surface area contributed by atoms with E-state index in [9.17, 15) is 4.79 Å². The molecule has 96 valence electrons. The summed E-state index contributed by atoms with van der Waals surface area (Å²) >= 11 is 3.47. The maximum absolute atomic E-state index is 12.0. The maximum atomic E-state index is 12.0. The number of amides is 1. The molecule has 1 aliphatic heterocycles. The van der Waals surface area contributed by atoms with Crippen molar-refractivity contribution >= 4 is 27.9 Å². The van der Waals surface area contributed by atoms with Crippen molar-refractivity contribution in [2.45, 2.75) is 19.8 Å². The Labute approximate surface area is 117 Å². The number of rotatable bonds is 2. The van der Waals surface area contributed by atoms with E-state index in [1.54, 1.807) is 6.08 Å². The van der Waals surface area contributed by atoms with Crippen molar-refractivity contribution in [3.8, 4) is 0 Å². The standard InChI is InChI=1S/C15H18BrNO/c1-12-8-10-17(11-9-12)15(18)7-6-13-4-2-3-5-14(13)16/h2-7,12H,8-11H2,1H3/b7-6+. The fraction of sp³-hybridized carbons (Fsp3) is 0.400. The zero-order chi connectivity index (χ0) is 13.0. The molecule has 0 bridgehead atoms. The summed E-state index contributed by atoms with van der Waals surface area (Å²) in [6.45, 7) is 4.03. The van der Waals surface area contributed by atoms with Gasteiger partial charge in [-0.2, -0.15) is 0 Å². The van der Waals surface area contributed by atoms with Crippen LogP contribution in [0.15, 0.2) is 34.8 Å². The fourth-order valence-electron chi connectivity index (χ4n) is 2.11. The lowest BCUT2D eigenvalue weighted by molar-refractivity contribution is -0.127. The molecule has 2 rings (SSSR count). The van der Waals surface area contributed by atoms with E-state index in [2.05, 4.69) is 22.9 Å². The molecule has 3 heteroatoms. The molecule has 1 heterocycles. The molecule has 1 amide bonds. The molecule has 1 aliphatic rings. The second kappa shape index (κ2) is 6.19. The molecule has 0 radical (unpaired) electrons. The van der Waals surface area contributed by atoms with E-state index in [0.717, 1.165) is 41.9 Å². The lowest BCUT2D eigenvalue weighted by Gasteiger charge is -2.29. The minimum Gasteiger partial charge on any atom is -0.339 e. The van der Waals surface area contributed by atoms with Crippen LogP contribution in [0.25, 0.3) is 6.08 Å². The highest BCUT2D eigenvalue weighted by atomic mass is 79.9. The molecule has 0 aliphatic carbocycles. The van der Waals surface area contributed by atoms with Gasteiger partial charge in [-0.05, 0) is 36.5 Å². The zero-order valence-corrected chi connectivity index (χ0v) is 12.2. The van der Waals surface area contributed by atoms with Gasteiger partial charge in [0.25, 0.3) is 0 Å². The van der Waals surface area contributed by atoms with Crippen LogP contribution in [0.2, 0.25) is 0 Å². The minimum atomic E-state index is 0.123. The van der Waals surface area contributed by atoms with Crippen LogP contribution < -0.4 is 0 Å². The fourth-order valence-corrected chi connectivity index (χ4v) is 2.52. The van der Waals surface area contributed by atoms with Crippen molar-refractivity contribution in [2.24, 2.45) is 5.92 Å². The number of halogens is 1. The SMILES string of the molecule is CC1CCN(C(=O)/C=C/c2ccccc2Br)CC1. The van der Waals surface area contributed by atoms with Crippen LogP contribution >= 0.6 is 15.9 Å². The highest BCUT2D eigenvalue weighted by Gasteiger charge is 2.18. The highest BCUT2D eigenvalue weighted by Crippen LogP contribution is 2.19. The van der Waals surface area contributed by atoms with Crippen LogP contribution in [0.3, 0.4) is 0 Å². The molecule has 0 atom stereocenters. The summed E-state index contributed by atoms with van der Waals surface area (Å²) in [4.78, 5) is 14.0. The molecule has 18 heavy (non-hydrogen) atoms. The van der Waals surface area contributed by atoms with Crippen molar-refractivity contribution in [3.05, 3.63) is 40.4 Å². The molecular weight excluding hydrogens is 290 g/mol. The molecular formula is C15H18BrNO. The summed E-state index contributed by atoms with van der Waals surface area (Å²) in [5.74, 6) is 0.874. The normalized spacial score (nSPS) is 17.3. The van der Waals surface area contributed by atoms with Gasteiger partial charge in [0.15, 0.2) is 0 Å². The second-order valence-electron chi connectivity index (χ2n) is 4.86. The Hall–Kier alpha value is -1.09. The van der Waals surface area contributed by atoms with Gasteiger partial charge in [0.05, 0.1) is 0 Å². The van der Waals surface area contributed by atoms with E-state index < -0.39 is 0 Å². The van der Waals surface area contributed by atoms with Crippen molar-refractivity contribution in [2.75, 3.05) is 13.1 Å². The molecule has 1 saturated heterocycles. The number of hydrogen-bond donors (Lipinski definition) is 0. The monoisotopic (exact) mass is 307 g/mol. The molecule has 2 nitrogen and oxygen atoms in total. The average molecular weight is 308 g/mol. The Balaban J connectivity index is 1.97. The van der Waals surface area contributed by atoms with Crippen LogP contribution in [-0.4, -0.2) is 23.9 Å². The second-order valence-corrected chi connectivity index (χ2v) is 5.72. The Kier molecular flexibility index (Phi) is 4.59. The summed E-state index contributed by atoms with van der Waals surface area (Å²) in [7, 11) is 0. The Morgan fingerprint density at radius 3 is 2.67 bits per heavy atom. The molecule has 0 spiro atoms. The first-order valence-corrected chi connectivity index (χ1v) is 7.17.